The number of nitrogens with zero attached hydrogens (tertiary/aromatic N) is 2. The molecule has 4 heteroatoms. The number of fused-ring (bicyclic) bond motifs is 1. The van der Waals surface area contributed by atoms with Crippen molar-refractivity contribution in [1.82, 2.24) is 4.98 Å². The maximum Gasteiger partial charge on any atom is 0.129 e. The summed E-state index contributed by atoms with van der Waals surface area (Å²) in [5.41, 5.74) is 4.70. The first-order valence-electron chi connectivity index (χ1n) is 7.65. The molecule has 2 aromatic rings. The summed E-state index contributed by atoms with van der Waals surface area (Å²) in [5.74, 6) is 1.03. The minimum Gasteiger partial charge on any atom is -0.372 e. The fourth-order valence-electron chi connectivity index (χ4n) is 2.76. The van der Waals surface area contributed by atoms with Crippen LogP contribution in [0.5, 0.6) is 0 Å². The monoisotopic (exact) mass is 282 g/mol. The van der Waals surface area contributed by atoms with Gasteiger partial charge in [0.2, 0.25) is 0 Å². The van der Waals surface area contributed by atoms with Gasteiger partial charge in [-0.05, 0) is 56.2 Å². The first-order chi connectivity index (χ1) is 10.3. The molecule has 21 heavy (non-hydrogen) atoms. The van der Waals surface area contributed by atoms with E-state index in [4.69, 9.17) is 0 Å². The zero-order chi connectivity index (χ0) is 14.7. The van der Waals surface area contributed by atoms with E-state index < -0.39 is 0 Å². The lowest BCUT2D eigenvalue weighted by molar-refractivity contribution is 0.866. The van der Waals surface area contributed by atoms with Crippen LogP contribution in [0.1, 0.15) is 19.4 Å². The number of benzene rings is 1. The van der Waals surface area contributed by atoms with Gasteiger partial charge in [-0.2, -0.15) is 0 Å². The lowest BCUT2D eigenvalue weighted by Crippen LogP contribution is -2.21. The Hall–Kier alpha value is -2.23. The molecule has 1 aromatic carbocycles. The molecular weight excluding hydrogens is 260 g/mol. The number of hydrogen-bond acceptors (Lipinski definition) is 4. The van der Waals surface area contributed by atoms with Gasteiger partial charge in [0, 0.05) is 31.0 Å². The first kappa shape index (κ1) is 13.7. The van der Waals surface area contributed by atoms with Gasteiger partial charge in [-0.3, -0.25) is 0 Å². The van der Waals surface area contributed by atoms with Crippen molar-refractivity contribution in [2.45, 2.75) is 20.3 Å². The van der Waals surface area contributed by atoms with Crippen LogP contribution >= 0.6 is 0 Å². The van der Waals surface area contributed by atoms with Gasteiger partial charge in [0.15, 0.2) is 0 Å². The molecule has 2 heterocycles. The Balaban J connectivity index is 1.73. The Kier molecular flexibility index (Phi) is 3.95. The molecule has 0 bridgehead atoms. The van der Waals surface area contributed by atoms with Crippen molar-refractivity contribution in [3.63, 3.8) is 0 Å². The number of nitrogens with one attached hydrogen (secondary N) is 2. The summed E-state index contributed by atoms with van der Waals surface area (Å²) in [6.45, 7) is 7.42. The number of pyridine rings is 1. The standard InChI is InChI=1S/C17H22N4/c1-3-21(4-2)16-7-5-14(6-8-16)20-15-11-13-9-10-18-17(13)19-12-15/h5-8,11-12,20H,3-4,9-10H2,1-2H3,(H,18,19). The van der Waals surface area contributed by atoms with Crippen molar-refractivity contribution in [3.8, 4) is 0 Å². The maximum atomic E-state index is 4.45. The second-order valence-electron chi connectivity index (χ2n) is 5.25. The molecule has 0 aliphatic carbocycles. The number of rotatable bonds is 5. The van der Waals surface area contributed by atoms with Gasteiger partial charge in [0.05, 0.1) is 11.9 Å². The van der Waals surface area contributed by atoms with Gasteiger partial charge >= 0.3 is 0 Å². The van der Waals surface area contributed by atoms with Crippen molar-refractivity contribution in [1.29, 1.82) is 0 Å². The minimum absolute atomic E-state index is 0.990. The molecule has 110 valence electrons. The predicted molar refractivity (Wildman–Crippen MR) is 89.7 cm³/mol. The highest BCUT2D eigenvalue weighted by Gasteiger charge is 2.11. The smallest absolute Gasteiger partial charge is 0.129 e. The maximum absolute atomic E-state index is 4.45. The molecule has 3 rings (SSSR count). The Morgan fingerprint density at radius 2 is 1.90 bits per heavy atom. The fourth-order valence-corrected chi connectivity index (χ4v) is 2.76. The van der Waals surface area contributed by atoms with Crippen LogP contribution in [-0.4, -0.2) is 24.6 Å². The topological polar surface area (TPSA) is 40.2 Å². The van der Waals surface area contributed by atoms with Gasteiger partial charge in [0.1, 0.15) is 5.82 Å². The third kappa shape index (κ3) is 2.94. The van der Waals surface area contributed by atoms with Crippen LogP contribution in [0.3, 0.4) is 0 Å². The van der Waals surface area contributed by atoms with Gasteiger partial charge < -0.3 is 15.5 Å². The number of anilines is 4. The van der Waals surface area contributed by atoms with Crippen molar-refractivity contribution in [2.24, 2.45) is 0 Å². The van der Waals surface area contributed by atoms with E-state index in [0.717, 1.165) is 43.2 Å². The van der Waals surface area contributed by atoms with Crippen molar-refractivity contribution in [3.05, 3.63) is 42.1 Å². The molecule has 0 atom stereocenters. The van der Waals surface area contributed by atoms with Crippen molar-refractivity contribution < 1.29 is 0 Å². The molecule has 4 nitrogen and oxygen atoms in total. The molecule has 0 unspecified atom stereocenters. The fraction of sp³-hybridized carbons (Fsp3) is 0.353. The quantitative estimate of drug-likeness (QED) is 0.878. The summed E-state index contributed by atoms with van der Waals surface area (Å²) in [5, 5.41) is 6.71. The Morgan fingerprint density at radius 1 is 1.14 bits per heavy atom. The van der Waals surface area contributed by atoms with E-state index in [1.165, 1.54) is 11.3 Å². The van der Waals surface area contributed by atoms with Crippen molar-refractivity contribution in [2.75, 3.05) is 35.2 Å². The molecule has 1 aliphatic rings. The number of aromatic nitrogens is 1. The summed E-state index contributed by atoms with van der Waals surface area (Å²) < 4.78 is 0. The molecule has 1 aromatic heterocycles. The van der Waals surface area contributed by atoms with E-state index in [-0.39, 0.29) is 0 Å². The Bertz CT molecular complexity index is 603. The van der Waals surface area contributed by atoms with Crippen LogP contribution in [0, 0.1) is 0 Å². The summed E-state index contributed by atoms with van der Waals surface area (Å²) in [4.78, 5) is 6.79. The van der Waals surface area contributed by atoms with E-state index >= 15 is 0 Å². The minimum atomic E-state index is 0.990. The van der Waals surface area contributed by atoms with Crippen LogP contribution < -0.4 is 15.5 Å². The van der Waals surface area contributed by atoms with E-state index in [0.29, 0.717) is 0 Å². The summed E-state index contributed by atoms with van der Waals surface area (Å²) in [7, 11) is 0. The molecule has 0 amide bonds. The third-order valence-corrected chi connectivity index (χ3v) is 3.94. The van der Waals surface area contributed by atoms with E-state index in [1.54, 1.807) is 0 Å². The van der Waals surface area contributed by atoms with E-state index in [1.807, 2.05) is 6.20 Å². The zero-order valence-electron chi connectivity index (χ0n) is 12.7. The lowest BCUT2D eigenvalue weighted by Gasteiger charge is -2.21. The second kappa shape index (κ2) is 6.04. The second-order valence-corrected chi connectivity index (χ2v) is 5.25. The van der Waals surface area contributed by atoms with E-state index in [2.05, 4.69) is 64.7 Å². The van der Waals surface area contributed by atoms with Gasteiger partial charge in [-0.1, -0.05) is 0 Å². The van der Waals surface area contributed by atoms with Gasteiger partial charge in [-0.15, -0.1) is 0 Å². The Morgan fingerprint density at radius 3 is 2.62 bits per heavy atom. The highest BCUT2D eigenvalue weighted by atomic mass is 15.1. The first-order valence-corrected chi connectivity index (χ1v) is 7.65. The summed E-state index contributed by atoms with van der Waals surface area (Å²) in [6.07, 6.45) is 2.94. The SMILES string of the molecule is CCN(CC)c1ccc(Nc2cnc3c(c2)CCN3)cc1. The average molecular weight is 282 g/mol. The predicted octanol–water partition coefficient (Wildman–Crippen LogP) is 3.64. The highest BCUT2D eigenvalue weighted by molar-refractivity contribution is 5.65. The molecule has 0 saturated carbocycles. The molecule has 0 saturated heterocycles. The Labute approximate surface area is 126 Å². The summed E-state index contributed by atoms with van der Waals surface area (Å²) in [6, 6.07) is 10.8. The van der Waals surface area contributed by atoms with Gasteiger partial charge in [-0.25, -0.2) is 4.98 Å². The average Bonchev–Trinajstić information content (AvgIpc) is 2.98. The summed E-state index contributed by atoms with van der Waals surface area (Å²) >= 11 is 0. The molecular formula is C17H22N4. The van der Waals surface area contributed by atoms with Crippen molar-refractivity contribution >= 4 is 22.9 Å². The van der Waals surface area contributed by atoms with Crippen LogP contribution in [0.4, 0.5) is 22.9 Å². The van der Waals surface area contributed by atoms with E-state index in [9.17, 15) is 0 Å². The van der Waals surface area contributed by atoms with Crippen LogP contribution in [0.15, 0.2) is 36.5 Å². The number of hydrogen-bond donors (Lipinski definition) is 2. The third-order valence-electron chi connectivity index (χ3n) is 3.94. The largest absolute Gasteiger partial charge is 0.372 e. The molecule has 0 spiro atoms. The molecule has 1 aliphatic heterocycles. The van der Waals surface area contributed by atoms with Crippen LogP contribution in [0.2, 0.25) is 0 Å². The molecule has 2 N–H and O–H groups in total. The zero-order valence-corrected chi connectivity index (χ0v) is 12.7. The molecule has 0 fully saturated rings. The van der Waals surface area contributed by atoms with Gasteiger partial charge in [0.25, 0.3) is 0 Å². The lowest BCUT2D eigenvalue weighted by atomic mass is 10.2. The normalized spacial score (nSPS) is 12.7. The van der Waals surface area contributed by atoms with Crippen LogP contribution in [0.25, 0.3) is 0 Å². The highest BCUT2D eigenvalue weighted by Crippen LogP contribution is 2.25. The van der Waals surface area contributed by atoms with Crippen LogP contribution in [-0.2, 0) is 6.42 Å². The molecule has 0 radical (unpaired) electrons.